The molecule has 1 unspecified atom stereocenters. The fraction of sp³-hybridized carbons (Fsp3) is 0.429. The standard InChI is InChI=1S/C14H18ClN3O3/c1-17(2)9-6-7-18(8-9)14(21)16-11-5-3-4-10(15)12(11)13(19)20/h3-5,9H,6-8H2,1-2H3,(H,16,21)(H,19,20). The van der Waals surface area contributed by atoms with E-state index in [0.717, 1.165) is 6.42 Å². The minimum Gasteiger partial charge on any atom is -0.478 e. The molecule has 2 N–H and O–H groups in total. The van der Waals surface area contributed by atoms with Gasteiger partial charge >= 0.3 is 12.0 Å². The summed E-state index contributed by atoms with van der Waals surface area (Å²) in [5.41, 5.74) is 0.129. The molecule has 0 bridgehead atoms. The van der Waals surface area contributed by atoms with Crippen molar-refractivity contribution in [2.75, 3.05) is 32.5 Å². The van der Waals surface area contributed by atoms with Crippen LogP contribution in [-0.4, -0.2) is 60.1 Å². The number of nitrogens with one attached hydrogen (secondary N) is 1. The second kappa shape index (κ2) is 6.32. The smallest absolute Gasteiger partial charge is 0.339 e. The molecule has 1 fully saturated rings. The van der Waals surface area contributed by atoms with E-state index in [-0.39, 0.29) is 22.3 Å². The molecule has 21 heavy (non-hydrogen) atoms. The lowest BCUT2D eigenvalue weighted by Gasteiger charge is -2.21. The largest absolute Gasteiger partial charge is 0.478 e. The Labute approximate surface area is 128 Å². The fourth-order valence-corrected chi connectivity index (χ4v) is 2.64. The zero-order valence-electron chi connectivity index (χ0n) is 12.0. The highest BCUT2D eigenvalue weighted by atomic mass is 35.5. The lowest BCUT2D eigenvalue weighted by atomic mass is 10.2. The Kier molecular flexibility index (Phi) is 4.69. The van der Waals surface area contributed by atoms with E-state index in [4.69, 9.17) is 11.6 Å². The van der Waals surface area contributed by atoms with Crippen LogP contribution in [0.1, 0.15) is 16.8 Å². The summed E-state index contributed by atoms with van der Waals surface area (Å²) >= 11 is 5.88. The van der Waals surface area contributed by atoms with Gasteiger partial charge in [0.25, 0.3) is 0 Å². The Hall–Kier alpha value is -1.79. The number of halogens is 1. The number of hydrogen-bond acceptors (Lipinski definition) is 3. The maximum Gasteiger partial charge on any atom is 0.339 e. The predicted octanol–water partition coefficient (Wildman–Crippen LogP) is 2.21. The van der Waals surface area contributed by atoms with E-state index in [1.54, 1.807) is 11.0 Å². The zero-order chi connectivity index (χ0) is 15.6. The number of likely N-dealkylation sites (tertiary alicyclic amines) is 1. The average molecular weight is 312 g/mol. The third kappa shape index (κ3) is 3.46. The van der Waals surface area contributed by atoms with Gasteiger partial charge in [0.1, 0.15) is 5.56 Å². The first-order valence-electron chi connectivity index (χ1n) is 6.64. The summed E-state index contributed by atoms with van der Waals surface area (Å²) in [7, 11) is 3.96. The number of anilines is 1. The molecular weight excluding hydrogens is 294 g/mol. The molecule has 6 nitrogen and oxygen atoms in total. The number of amides is 2. The third-order valence-electron chi connectivity index (χ3n) is 3.65. The molecule has 1 aromatic rings. The van der Waals surface area contributed by atoms with Crippen molar-refractivity contribution in [2.45, 2.75) is 12.5 Å². The summed E-state index contributed by atoms with van der Waals surface area (Å²) < 4.78 is 0. The quantitative estimate of drug-likeness (QED) is 0.897. The highest BCUT2D eigenvalue weighted by Crippen LogP contribution is 2.25. The second-order valence-electron chi connectivity index (χ2n) is 5.25. The first kappa shape index (κ1) is 15.6. The molecule has 2 rings (SSSR count). The summed E-state index contributed by atoms with van der Waals surface area (Å²) in [4.78, 5) is 27.2. The highest BCUT2D eigenvalue weighted by molar-refractivity contribution is 6.34. The van der Waals surface area contributed by atoms with E-state index >= 15 is 0 Å². The van der Waals surface area contributed by atoms with Crippen molar-refractivity contribution < 1.29 is 14.7 Å². The number of urea groups is 1. The van der Waals surface area contributed by atoms with E-state index in [1.165, 1.54) is 12.1 Å². The molecule has 1 saturated heterocycles. The minimum absolute atomic E-state index is 0.0872. The zero-order valence-corrected chi connectivity index (χ0v) is 12.7. The Balaban J connectivity index is 2.11. The van der Waals surface area contributed by atoms with E-state index < -0.39 is 5.97 Å². The Bertz CT molecular complexity index is 562. The molecule has 0 spiro atoms. The van der Waals surface area contributed by atoms with Crippen LogP contribution in [0.4, 0.5) is 10.5 Å². The van der Waals surface area contributed by atoms with Gasteiger partial charge in [-0.25, -0.2) is 9.59 Å². The van der Waals surface area contributed by atoms with Crippen LogP contribution >= 0.6 is 11.6 Å². The van der Waals surface area contributed by atoms with Gasteiger partial charge in [-0.1, -0.05) is 17.7 Å². The summed E-state index contributed by atoms with van der Waals surface area (Å²) in [5, 5.41) is 11.9. The van der Waals surface area contributed by atoms with Crippen LogP contribution in [0.25, 0.3) is 0 Å². The predicted molar refractivity (Wildman–Crippen MR) is 81.1 cm³/mol. The van der Waals surface area contributed by atoms with Crippen LogP contribution in [0.15, 0.2) is 18.2 Å². The second-order valence-corrected chi connectivity index (χ2v) is 5.66. The monoisotopic (exact) mass is 311 g/mol. The molecule has 7 heteroatoms. The Morgan fingerprint density at radius 3 is 2.71 bits per heavy atom. The van der Waals surface area contributed by atoms with Gasteiger partial charge in [-0.05, 0) is 32.6 Å². The Morgan fingerprint density at radius 1 is 1.43 bits per heavy atom. The topological polar surface area (TPSA) is 72.9 Å². The summed E-state index contributed by atoms with van der Waals surface area (Å²) in [5.74, 6) is -1.16. The van der Waals surface area contributed by atoms with Gasteiger partial charge in [-0.3, -0.25) is 0 Å². The summed E-state index contributed by atoms with van der Waals surface area (Å²) in [6, 6.07) is 4.65. The van der Waals surface area contributed by atoms with E-state index in [1.807, 2.05) is 14.1 Å². The molecule has 0 radical (unpaired) electrons. The number of carboxylic acids is 1. The average Bonchev–Trinajstić information content (AvgIpc) is 2.88. The number of carboxylic acid groups (broad SMARTS) is 1. The lowest BCUT2D eigenvalue weighted by Crippen LogP contribution is -2.37. The van der Waals surface area contributed by atoms with Gasteiger partial charge in [0.15, 0.2) is 0 Å². The van der Waals surface area contributed by atoms with Gasteiger partial charge in [-0.15, -0.1) is 0 Å². The maximum atomic E-state index is 12.2. The molecular formula is C14H18ClN3O3. The molecule has 1 atom stereocenters. The number of nitrogens with zero attached hydrogens (tertiary/aromatic N) is 2. The number of rotatable bonds is 3. The first-order chi connectivity index (χ1) is 9.90. The summed E-state index contributed by atoms with van der Waals surface area (Å²) in [6.45, 7) is 1.28. The highest BCUT2D eigenvalue weighted by Gasteiger charge is 2.28. The van der Waals surface area contributed by atoms with Crippen LogP contribution in [0, 0.1) is 0 Å². The first-order valence-corrected chi connectivity index (χ1v) is 7.02. The number of likely N-dealkylation sites (N-methyl/N-ethyl adjacent to an activating group) is 1. The molecule has 0 saturated carbocycles. The van der Waals surface area contributed by atoms with Gasteiger partial charge in [0, 0.05) is 19.1 Å². The van der Waals surface area contributed by atoms with Gasteiger partial charge in [-0.2, -0.15) is 0 Å². The van der Waals surface area contributed by atoms with Crippen LogP contribution in [0.5, 0.6) is 0 Å². The molecule has 1 aromatic carbocycles. The van der Waals surface area contributed by atoms with Crippen molar-refractivity contribution >= 4 is 29.3 Å². The molecule has 1 heterocycles. The molecule has 1 aliphatic rings. The normalized spacial score (nSPS) is 18.1. The van der Waals surface area contributed by atoms with Crippen LogP contribution in [0.3, 0.4) is 0 Å². The van der Waals surface area contributed by atoms with Crippen molar-refractivity contribution in [1.82, 2.24) is 9.80 Å². The number of carbonyl (C=O) groups excluding carboxylic acids is 1. The van der Waals surface area contributed by atoms with Crippen molar-refractivity contribution in [1.29, 1.82) is 0 Å². The van der Waals surface area contributed by atoms with E-state index in [2.05, 4.69) is 10.2 Å². The van der Waals surface area contributed by atoms with Crippen molar-refractivity contribution in [2.24, 2.45) is 0 Å². The van der Waals surface area contributed by atoms with Crippen molar-refractivity contribution in [3.05, 3.63) is 28.8 Å². The number of hydrogen-bond donors (Lipinski definition) is 2. The van der Waals surface area contributed by atoms with Gasteiger partial charge < -0.3 is 20.2 Å². The van der Waals surface area contributed by atoms with Gasteiger partial charge in [0.05, 0.1) is 10.7 Å². The molecule has 2 amide bonds. The number of benzene rings is 1. The van der Waals surface area contributed by atoms with Crippen LogP contribution in [-0.2, 0) is 0 Å². The Morgan fingerprint density at radius 2 is 2.14 bits per heavy atom. The molecule has 1 aliphatic heterocycles. The van der Waals surface area contributed by atoms with E-state index in [9.17, 15) is 14.7 Å². The fourth-order valence-electron chi connectivity index (χ4n) is 2.39. The minimum atomic E-state index is -1.16. The number of carbonyl (C=O) groups is 2. The summed E-state index contributed by atoms with van der Waals surface area (Å²) in [6.07, 6.45) is 0.905. The van der Waals surface area contributed by atoms with Gasteiger partial charge in [0.2, 0.25) is 0 Å². The number of aromatic carboxylic acids is 1. The maximum absolute atomic E-state index is 12.2. The lowest BCUT2D eigenvalue weighted by molar-refractivity contribution is 0.0698. The van der Waals surface area contributed by atoms with Crippen LogP contribution in [0.2, 0.25) is 5.02 Å². The molecule has 0 aromatic heterocycles. The molecule has 114 valence electrons. The third-order valence-corrected chi connectivity index (χ3v) is 3.96. The van der Waals surface area contributed by atoms with E-state index in [0.29, 0.717) is 19.1 Å². The van der Waals surface area contributed by atoms with Crippen molar-refractivity contribution in [3.63, 3.8) is 0 Å². The van der Waals surface area contributed by atoms with Crippen LogP contribution < -0.4 is 5.32 Å². The SMILES string of the molecule is CN(C)C1CCN(C(=O)Nc2cccc(Cl)c2C(=O)O)C1. The van der Waals surface area contributed by atoms with Crippen molar-refractivity contribution in [3.8, 4) is 0 Å². The molecule has 0 aliphatic carbocycles.